The van der Waals surface area contributed by atoms with Crippen LogP contribution in [0.4, 0.5) is 0 Å². The molecule has 0 unspecified atom stereocenters. The van der Waals surface area contributed by atoms with Gasteiger partial charge in [-0.05, 0) is 33.8 Å². The van der Waals surface area contributed by atoms with Crippen molar-refractivity contribution in [1.82, 2.24) is 0 Å². The second kappa shape index (κ2) is 4.02. The van der Waals surface area contributed by atoms with E-state index in [1.165, 1.54) is 11.3 Å². The largest absolute Gasteiger partial charge is 0.293 e. The van der Waals surface area contributed by atoms with Crippen LogP contribution in [0.15, 0.2) is 15.9 Å². The van der Waals surface area contributed by atoms with Crippen LogP contribution in [0.3, 0.4) is 0 Å². The topological polar surface area (TPSA) is 17.1 Å². The van der Waals surface area contributed by atoms with Crippen molar-refractivity contribution in [2.45, 2.75) is 19.8 Å². The Balaban J connectivity index is 2.76. The van der Waals surface area contributed by atoms with Gasteiger partial charge in [0.15, 0.2) is 5.78 Å². The van der Waals surface area contributed by atoms with Gasteiger partial charge < -0.3 is 0 Å². The van der Waals surface area contributed by atoms with Crippen LogP contribution in [0, 0.1) is 0 Å². The van der Waals surface area contributed by atoms with E-state index < -0.39 is 0 Å². The minimum atomic E-state index is 0.245. The molecule has 0 fully saturated rings. The zero-order valence-corrected chi connectivity index (χ0v) is 8.67. The molecule has 0 spiro atoms. The standard InChI is InChI=1S/C8H9BrOS/c1-2-3-7(10)8-6(9)4-5-11-8/h4-5H,2-3H2,1H3. The quantitative estimate of drug-likeness (QED) is 0.730. The van der Waals surface area contributed by atoms with E-state index in [-0.39, 0.29) is 5.78 Å². The maximum absolute atomic E-state index is 11.3. The van der Waals surface area contributed by atoms with Gasteiger partial charge >= 0.3 is 0 Å². The van der Waals surface area contributed by atoms with Gasteiger partial charge in [0.2, 0.25) is 0 Å². The molecule has 11 heavy (non-hydrogen) atoms. The number of Topliss-reactive ketones (excluding diaryl/α,β-unsaturated/α-hetero) is 1. The lowest BCUT2D eigenvalue weighted by atomic mass is 10.2. The third kappa shape index (κ3) is 2.14. The third-order valence-corrected chi connectivity index (χ3v) is 3.23. The summed E-state index contributed by atoms with van der Waals surface area (Å²) in [4.78, 5) is 12.2. The molecule has 1 rings (SSSR count). The van der Waals surface area contributed by atoms with Crippen molar-refractivity contribution in [3.63, 3.8) is 0 Å². The van der Waals surface area contributed by atoms with Crippen molar-refractivity contribution >= 4 is 33.0 Å². The minimum Gasteiger partial charge on any atom is -0.293 e. The Morgan fingerprint density at radius 3 is 2.91 bits per heavy atom. The number of hydrogen-bond donors (Lipinski definition) is 0. The number of hydrogen-bond acceptors (Lipinski definition) is 2. The molecular weight excluding hydrogens is 224 g/mol. The van der Waals surface area contributed by atoms with Crippen molar-refractivity contribution in [3.8, 4) is 0 Å². The molecule has 0 radical (unpaired) electrons. The second-order valence-corrected chi connectivity index (χ2v) is 4.04. The molecule has 60 valence electrons. The first kappa shape index (κ1) is 8.94. The highest BCUT2D eigenvalue weighted by Crippen LogP contribution is 2.24. The summed E-state index contributed by atoms with van der Waals surface area (Å²) in [6, 6.07) is 1.91. The van der Waals surface area contributed by atoms with E-state index in [0.29, 0.717) is 6.42 Å². The molecule has 1 aromatic heterocycles. The number of rotatable bonds is 3. The Morgan fingerprint density at radius 1 is 1.73 bits per heavy atom. The average molecular weight is 233 g/mol. The van der Waals surface area contributed by atoms with Crippen LogP contribution < -0.4 is 0 Å². The summed E-state index contributed by atoms with van der Waals surface area (Å²) in [6.45, 7) is 2.01. The molecule has 0 amide bonds. The molecule has 0 aliphatic heterocycles. The van der Waals surface area contributed by atoms with Gasteiger partial charge in [0.25, 0.3) is 0 Å². The van der Waals surface area contributed by atoms with E-state index in [9.17, 15) is 4.79 Å². The normalized spacial score (nSPS) is 10.0. The second-order valence-electron chi connectivity index (χ2n) is 2.27. The van der Waals surface area contributed by atoms with Crippen molar-refractivity contribution < 1.29 is 4.79 Å². The maximum Gasteiger partial charge on any atom is 0.173 e. The smallest absolute Gasteiger partial charge is 0.173 e. The average Bonchev–Trinajstić information content (AvgIpc) is 2.36. The van der Waals surface area contributed by atoms with Gasteiger partial charge in [-0.25, -0.2) is 0 Å². The Bertz CT molecular complexity index is 254. The van der Waals surface area contributed by atoms with Gasteiger partial charge in [0.1, 0.15) is 0 Å². The lowest BCUT2D eigenvalue weighted by Crippen LogP contribution is -1.94. The van der Waals surface area contributed by atoms with Crippen LogP contribution in [-0.2, 0) is 0 Å². The molecular formula is C8H9BrOS. The lowest BCUT2D eigenvalue weighted by Gasteiger charge is -1.93. The van der Waals surface area contributed by atoms with Crippen LogP contribution in [-0.4, -0.2) is 5.78 Å². The van der Waals surface area contributed by atoms with Gasteiger partial charge in [0.05, 0.1) is 4.88 Å². The highest BCUT2D eigenvalue weighted by Gasteiger charge is 2.09. The van der Waals surface area contributed by atoms with Crippen molar-refractivity contribution in [2.75, 3.05) is 0 Å². The molecule has 0 bridgehead atoms. The Labute approximate surface area is 78.6 Å². The summed E-state index contributed by atoms with van der Waals surface area (Å²) < 4.78 is 0.931. The predicted molar refractivity (Wildman–Crippen MR) is 51.3 cm³/mol. The molecule has 0 aromatic carbocycles. The first-order valence-corrected chi connectivity index (χ1v) is 5.19. The summed E-state index contributed by atoms with van der Waals surface area (Å²) in [5.41, 5.74) is 0. The number of halogens is 1. The summed E-state index contributed by atoms with van der Waals surface area (Å²) >= 11 is 4.83. The van der Waals surface area contributed by atoms with Gasteiger partial charge in [-0.2, -0.15) is 0 Å². The van der Waals surface area contributed by atoms with E-state index in [1.54, 1.807) is 0 Å². The highest BCUT2D eigenvalue weighted by molar-refractivity contribution is 9.10. The molecule has 0 aliphatic rings. The molecule has 0 saturated carbocycles. The fourth-order valence-corrected chi connectivity index (χ4v) is 2.40. The zero-order chi connectivity index (χ0) is 8.27. The predicted octanol–water partition coefficient (Wildman–Crippen LogP) is 3.49. The molecule has 1 heterocycles. The van der Waals surface area contributed by atoms with Crippen LogP contribution in [0.1, 0.15) is 29.4 Å². The SMILES string of the molecule is CCCC(=O)c1sccc1Br. The van der Waals surface area contributed by atoms with E-state index in [2.05, 4.69) is 15.9 Å². The van der Waals surface area contributed by atoms with Crippen molar-refractivity contribution in [2.24, 2.45) is 0 Å². The zero-order valence-electron chi connectivity index (χ0n) is 6.26. The Kier molecular flexibility index (Phi) is 3.27. The van der Waals surface area contributed by atoms with Crippen LogP contribution in [0.2, 0.25) is 0 Å². The summed E-state index contributed by atoms with van der Waals surface area (Å²) in [7, 11) is 0. The summed E-state index contributed by atoms with van der Waals surface area (Å²) in [6.07, 6.45) is 1.57. The monoisotopic (exact) mass is 232 g/mol. The molecule has 3 heteroatoms. The fraction of sp³-hybridized carbons (Fsp3) is 0.375. The first-order valence-electron chi connectivity index (χ1n) is 3.52. The van der Waals surface area contributed by atoms with Gasteiger partial charge in [-0.1, -0.05) is 6.92 Å². The van der Waals surface area contributed by atoms with E-state index in [4.69, 9.17) is 0 Å². The van der Waals surface area contributed by atoms with E-state index >= 15 is 0 Å². The number of thiophene rings is 1. The third-order valence-electron chi connectivity index (χ3n) is 1.35. The van der Waals surface area contributed by atoms with E-state index in [1.807, 2.05) is 18.4 Å². The highest BCUT2D eigenvalue weighted by atomic mass is 79.9. The molecule has 0 aliphatic carbocycles. The van der Waals surface area contributed by atoms with Gasteiger partial charge in [-0.3, -0.25) is 4.79 Å². The Hall–Kier alpha value is -0.150. The van der Waals surface area contributed by atoms with Crippen molar-refractivity contribution in [1.29, 1.82) is 0 Å². The number of ketones is 1. The summed E-state index contributed by atoms with van der Waals surface area (Å²) in [5, 5.41) is 1.92. The lowest BCUT2D eigenvalue weighted by molar-refractivity contribution is 0.0985. The van der Waals surface area contributed by atoms with Gasteiger partial charge in [-0.15, -0.1) is 11.3 Å². The Morgan fingerprint density at radius 2 is 2.45 bits per heavy atom. The molecule has 1 aromatic rings. The van der Waals surface area contributed by atoms with Crippen LogP contribution in [0.25, 0.3) is 0 Å². The number of carbonyl (C=O) groups excluding carboxylic acids is 1. The van der Waals surface area contributed by atoms with E-state index in [0.717, 1.165) is 15.8 Å². The number of carbonyl (C=O) groups is 1. The van der Waals surface area contributed by atoms with Crippen molar-refractivity contribution in [3.05, 3.63) is 20.8 Å². The fourth-order valence-electron chi connectivity index (χ4n) is 0.833. The molecule has 0 saturated heterocycles. The van der Waals surface area contributed by atoms with Gasteiger partial charge in [0, 0.05) is 10.9 Å². The first-order chi connectivity index (χ1) is 5.25. The summed E-state index contributed by atoms with van der Waals surface area (Å²) in [5.74, 6) is 0.245. The van der Waals surface area contributed by atoms with Crippen LogP contribution in [0.5, 0.6) is 0 Å². The van der Waals surface area contributed by atoms with Crippen LogP contribution >= 0.6 is 27.3 Å². The maximum atomic E-state index is 11.3. The molecule has 0 N–H and O–H groups in total. The molecule has 1 nitrogen and oxygen atoms in total. The molecule has 0 atom stereocenters. The minimum absolute atomic E-state index is 0.245.